The highest BCUT2D eigenvalue weighted by molar-refractivity contribution is 5.83. The first kappa shape index (κ1) is 18.0. The number of aromatic amines is 1. The Morgan fingerprint density at radius 2 is 1.89 bits per heavy atom. The molecule has 0 aliphatic heterocycles. The second kappa shape index (κ2) is 7.68. The minimum Gasteiger partial charge on any atom is -0.368 e. The standard InChI is InChI=1S/C22H22FN5/c1-14(15-5-3-2-4-6-15)27-21-17(13-26-22(24)28-21)8-7-16-12-25-20-11-18(23)9-10-19(16)20/h2-6,9-14,25H,7-8H2,1H3,(H3,24,26,27,28). The van der Waals surface area contributed by atoms with Crippen molar-refractivity contribution in [1.82, 2.24) is 15.0 Å². The molecule has 0 aliphatic rings. The fourth-order valence-corrected chi connectivity index (χ4v) is 3.39. The summed E-state index contributed by atoms with van der Waals surface area (Å²) < 4.78 is 13.4. The van der Waals surface area contributed by atoms with Gasteiger partial charge in [-0.05, 0) is 49.1 Å². The quantitative estimate of drug-likeness (QED) is 0.459. The van der Waals surface area contributed by atoms with Gasteiger partial charge in [-0.1, -0.05) is 30.3 Å². The van der Waals surface area contributed by atoms with Gasteiger partial charge in [-0.25, -0.2) is 9.37 Å². The Labute approximate surface area is 162 Å². The van der Waals surface area contributed by atoms with E-state index in [4.69, 9.17) is 5.73 Å². The van der Waals surface area contributed by atoms with Gasteiger partial charge < -0.3 is 16.0 Å². The number of hydrogen-bond donors (Lipinski definition) is 3. The highest BCUT2D eigenvalue weighted by Crippen LogP contribution is 2.24. The van der Waals surface area contributed by atoms with Gasteiger partial charge in [0.05, 0.1) is 0 Å². The molecule has 4 N–H and O–H groups in total. The van der Waals surface area contributed by atoms with E-state index in [0.717, 1.165) is 40.7 Å². The molecule has 0 amide bonds. The van der Waals surface area contributed by atoms with Gasteiger partial charge in [-0.3, -0.25) is 0 Å². The van der Waals surface area contributed by atoms with Crippen LogP contribution >= 0.6 is 0 Å². The second-order valence-electron chi connectivity index (χ2n) is 6.88. The molecule has 2 heterocycles. The van der Waals surface area contributed by atoms with Gasteiger partial charge >= 0.3 is 0 Å². The Kier molecular flexibility index (Phi) is 4.93. The number of nitrogen functional groups attached to an aromatic ring is 1. The summed E-state index contributed by atoms with van der Waals surface area (Å²) in [5.74, 6) is 0.748. The van der Waals surface area contributed by atoms with Crippen molar-refractivity contribution in [3.05, 3.63) is 83.4 Å². The molecule has 0 radical (unpaired) electrons. The minimum absolute atomic E-state index is 0.0883. The van der Waals surface area contributed by atoms with Crippen molar-refractivity contribution in [3.63, 3.8) is 0 Å². The average molecular weight is 375 g/mol. The largest absolute Gasteiger partial charge is 0.368 e. The zero-order valence-electron chi connectivity index (χ0n) is 15.6. The van der Waals surface area contributed by atoms with Gasteiger partial charge in [0.1, 0.15) is 11.6 Å². The van der Waals surface area contributed by atoms with Gasteiger partial charge in [-0.15, -0.1) is 0 Å². The van der Waals surface area contributed by atoms with Crippen LogP contribution < -0.4 is 11.1 Å². The van der Waals surface area contributed by atoms with E-state index in [9.17, 15) is 4.39 Å². The monoisotopic (exact) mass is 375 g/mol. The summed E-state index contributed by atoms with van der Waals surface area (Å²) in [5.41, 5.74) is 9.92. The molecule has 1 atom stereocenters. The number of nitrogens with zero attached hydrogens (tertiary/aromatic N) is 2. The number of benzene rings is 2. The molecule has 0 saturated carbocycles. The third-order valence-corrected chi connectivity index (χ3v) is 4.93. The molecule has 2 aromatic carbocycles. The van der Waals surface area contributed by atoms with Crippen molar-refractivity contribution < 1.29 is 4.39 Å². The smallest absolute Gasteiger partial charge is 0.221 e. The molecular weight excluding hydrogens is 353 g/mol. The zero-order chi connectivity index (χ0) is 19.5. The average Bonchev–Trinajstić information content (AvgIpc) is 3.10. The first-order valence-electron chi connectivity index (χ1n) is 9.28. The number of halogens is 1. The summed E-state index contributed by atoms with van der Waals surface area (Å²) >= 11 is 0. The molecule has 142 valence electrons. The number of nitrogens with two attached hydrogens (primary N) is 1. The second-order valence-corrected chi connectivity index (χ2v) is 6.88. The predicted molar refractivity (Wildman–Crippen MR) is 111 cm³/mol. The predicted octanol–water partition coefficient (Wildman–Crippen LogP) is 4.64. The first-order chi connectivity index (χ1) is 13.6. The minimum atomic E-state index is -0.241. The number of rotatable bonds is 6. The number of hydrogen-bond acceptors (Lipinski definition) is 4. The Morgan fingerprint density at radius 1 is 1.11 bits per heavy atom. The van der Waals surface area contributed by atoms with Gasteiger partial charge in [0.25, 0.3) is 0 Å². The zero-order valence-corrected chi connectivity index (χ0v) is 15.6. The van der Waals surface area contributed by atoms with E-state index in [1.165, 1.54) is 17.7 Å². The van der Waals surface area contributed by atoms with Crippen LogP contribution in [0, 0.1) is 5.82 Å². The van der Waals surface area contributed by atoms with Crippen LogP contribution in [0.2, 0.25) is 0 Å². The fourth-order valence-electron chi connectivity index (χ4n) is 3.39. The number of H-pyrrole nitrogens is 1. The fraction of sp³-hybridized carbons (Fsp3) is 0.182. The van der Waals surface area contributed by atoms with Crippen LogP contribution in [0.15, 0.2) is 60.9 Å². The molecule has 0 bridgehead atoms. The third-order valence-electron chi connectivity index (χ3n) is 4.93. The van der Waals surface area contributed by atoms with Crippen LogP contribution in [0.4, 0.5) is 16.2 Å². The molecule has 5 nitrogen and oxygen atoms in total. The van der Waals surface area contributed by atoms with Crippen molar-refractivity contribution in [1.29, 1.82) is 0 Å². The lowest BCUT2D eigenvalue weighted by Gasteiger charge is -2.17. The van der Waals surface area contributed by atoms with Crippen LogP contribution in [0.3, 0.4) is 0 Å². The van der Waals surface area contributed by atoms with Crippen molar-refractivity contribution in [2.75, 3.05) is 11.1 Å². The SMILES string of the molecule is CC(Nc1nc(N)ncc1CCc1c[nH]c2cc(F)ccc12)c1ccccc1. The highest BCUT2D eigenvalue weighted by Gasteiger charge is 2.12. The molecule has 2 aromatic heterocycles. The summed E-state index contributed by atoms with van der Waals surface area (Å²) in [4.78, 5) is 11.7. The van der Waals surface area contributed by atoms with Crippen LogP contribution in [0.25, 0.3) is 10.9 Å². The summed E-state index contributed by atoms with van der Waals surface area (Å²) in [6.45, 7) is 2.09. The Bertz CT molecular complexity index is 1090. The molecule has 0 aliphatic carbocycles. The molecule has 1 unspecified atom stereocenters. The van der Waals surface area contributed by atoms with Crippen molar-refractivity contribution in [2.45, 2.75) is 25.8 Å². The molecule has 4 rings (SSSR count). The van der Waals surface area contributed by atoms with Gasteiger partial charge in [0, 0.05) is 34.9 Å². The summed E-state index contributed by atoms with van der Waals surface area (Å²) in [6, 6.07) is 15.1. The topological polar surface area (TPSA) is 79.6 Å². The van der Waals surface area contributed by atoms with Gasteiger partial charge in [0.15, 0.2) is 0 Å². The third kappa shape index (κ3) is 3.81. The van der Waals surface area contributed by atoms with Crippen LogP contribution in [-0.4, -0.2) is 15.0 Å². The summed E-state index contributed by atoms with van der Waals surface area (Å²) in [7, 11) is 0. The molecule has 0 saturated heterocycles. The van der Waals surface area contributed by atoms with Gasteiger partial charge in [-0.2, -0.15) is 4.98 Å². The molecule has 0 spiro atoms. The number of fused-ring (bicyclic) bond motifs is 1. The lowest BCUT2D eigenvalue weighted by molar-refractivity contribution is 0.629. The van der Waals surface area contributed by atoms with E-state index >= 15 is 0 Å². The molecule has 4 aromatic rings. The lowest BCUT2D eigenvalue weighted by Crippen LogP contribution is -2.12. The van der Waals surface area contributed by atoms with E-state index in [1.54, 1.807) is 6.20 Å². The summed E-state index contributed by atoms with van der Waals surface area (Å²) in [5, 5.41) is 4.49. The van der Waals surface area contributed by atoms with Crippen molar-refractivity contribution in [2.24, 2.45) is 0 Å². The number of aromatic nitrogens is 3. The van der Waals surface area contributed by atoms with E-state index in [0.29, 0.717) is 0 Å². The first-order valence-corrected chi connectivity index (χ1v) is 9.28. The lowest BCUT2D eigenvalue weighted by atomic mass is 10.0. The highest BCUT2D eigenvalue weighted by atomic mass is 19.1. The number of anilines is 2. The molecule has 6 heteroatoms. The van der Waals surface area contributed by atoms with Crippen molar-refractivity contribution in [3.8, 4) is 0 Å². The molecule has 28 heavy (non-hydrogen) atoms. The normalized spacial score (nSPS) is 12.2. The van der Waals surface area contributed by atoms with Gasteiger partial charge in [0.2, 0.25) is 5.95 Å². The van der Waals surface area contributed by atoms with E-state index in [2.05, 4.69) is 39.3 Å². The van der Waals surface area contributed by atoms with E-state index in [-0.39, 0.29) is 17.8 Å². The number of nitrogens with one attached hydrogen (secondary N) is 2. The maximum absolute atomic E-state index is 13.4. The Balaban J connectivity index is 1.54. The summed E-state index contributed by atoms with van der Waals surface area (Å²) in [6.07, 6.45) is 5.24. The van der Waals surface area contributed by atoms with E-state index < -0.39 is 0 Å². The molecule has 0 fully saturated rings. The van der Waals surface area contributed by atoms with Crippen molar-refractivity contribution >= 4 is 22.7 Å². The van der Waals surface area contributed by atoms with Crippen LogP contribution in [-0.2, 0) is 12.8 Å². The van der Waals surface area contributed by atoms with Crippen LogP contribution in [0.5, 0.6) is 0 Å². The maximum atomic E-state index is 13.4. The van der Waals surface area contributed by atoms with E-state index in [1.807, 2.05) is 30.5 Å². The molecular formula is C22H22FN5. The number of aryl methyl sites for hydroxylation is 2. The van der Waals surface area contributed by atoms with Crippen LogP contribution in [0.1, 0.15) is 29.7 Å². The maximum Gasteiger partial charge on any atom is 0.221 e. The Morgan fingerprint density at radius 3 is 2.71 bits per heavy atom. The Hall–Kier alpha value is -3.41.